The molecule has 0 spiro atoms. The molecule has 54 valence electrons. The average molecular weight is 154 g/mol. The van der Waals surface area contributed by atoms with Crippen LogP contribution in [0.15, 0.2) is 0 Å². The predicted molar refractivity (Wildman–Crippen MR) is 39.8 cm³/mol. The van der Waals surface area contributed by atoms with Crippen LogP contribution in [0.3, 0.4) is 0 Å². The molecule has 0 radical (unpaired) electrons. The Hall–Kier alpha value is -0.843. The highest BCUT2D eigenvalue weighted by atomic mass is 28.2. The molecule has 0 bridgehead atoms. The van der Waals surface area contributed by atoms with E-state index in [2.05, 4.69) is 0 Å². The predicted octanol–water partition coefficient (Wildman–Crippen LogP) is -0.273. The summed E-state index contributed by atoms with van der Waals surface area (Å²) in [4.78, 5) is 0. The monoisotopic (exact) mass is 154 g/mol. The van der Waals surface area contributed by atoms with Crippen LogP contribution in [0.2, 0.25) is 0 Å². The molecule has 0 saturated carbocycles. The summed E-state index contributed by atoms with van der Waals surface area (Å²) in [6.07, 6.45) is 0.530. The molecule has 0 fully saturated rings. The Labute approximate surface area is 63.8 Å². The Balaban J connectivity index is 4.24. The topological polar surface area (TPSA) is 56.8 Å². The van der Waals surface area contributed by atoms with Crippen LogP contribution in [-0.2, 0) is 4.43 Å². The quantitative estimate of drug-likeness (QED) is 0.526. The summed E-state index contributed by atoms with van der Waals surface area (Å²) in [5, 5.41) is 17.1. The van der Waals surface area contributed by atoms with E-state index in [9.17, 15) is 0 Å². The maximum absolute atomic E-state index is 8.57. The van der Waals surface area contributed by atoms with Gasteiger partial charge in [-0.2, -0.15) is 10.5 Å². The van der Waals surface area contributed by atoms with Crippen LogP contribution in [0.1, 0.15) is 13.3 Å². The van der Waals surface area contributed by atoms with E-state index in [-0.39, 0.29) is 6.61 Å². The molecule has 0 aromatic heterocycles. The minimum absolute atomic E-state index is 0.253. The second-order valence-corrected chi connectivity index (χ2v) is 2.67. The third-order valence-electron chi connectivity index (χ3n) is 1.42. The summed E-state index contributed by atoms with van der Waals surface area (Å²) in [7, 11) is 0.581. The Morgan fingerprint density at radius 1 is 1.50 bits per heavy atom. The molecular formula is C6H10N2OSi. The van der Waals surface area contributed by atoms with E-state index in [0.717, 1.165) is 0 Å². The summed E-state index contributed by atoms with van der Waals surface area (Å²) in [5.41, 5.74) is -0.901. The summed E-state index contributed by atoms with van der Waals surface area (Å²) in [6.45, 7) is 2.07. The summed E-state index contributed by atoms with van der Waals surface area (Å²) >= 11 is 0. The minimum Gasteiger partial charge on any atom is -0.425 e. The van der Waals surface area contributed by atoms with Crippen LogP contribution < -0.4 is 0 Å². The smallest absolute Gasteiger partial charge is 0.165 e. The van der Waals surface area contributed by atoms with Crippen molar-refractivity contribution in [1.82, 2.24) is 0 Å². The van der Waals surface area contributed by atoms with Gasteiger partial charge >= 0.3 is 0 Å². The fourth-order valence-corrected chi connectivity index (χ4v) is 1.09. The van der Waals surface area contributed by atoms with Crippen LogP contribution in [0.25, 0.3) is 0 Å². The van der Waals surface area contributed by atoms with Gasteiger partial charge in [-0.15, -0.1) is 0 Å². The summed E-state index contributed by atoms with van der Waals surface area (Å²) < 4.78 is 4.87. The highest BCUT2D eigenvalue weighted by Gasteiger charge is 2.26. The standard InChI is InChI=1S/C6H10N2OSi/c1-2-6(3-7,4-8)5-9-10/h2,5H2,1,10H3. The van der Waals surface area contributed by atoms with Crippen molar-refractivity contribution in [3.05, 3.63) is 0 Å². The molecule has 0 heterocycles. The lowest BCUT2D eigenvalue weighted by atomic mass is 9.90. The van der Waals surface area contributed by atoms with Gasteiger partial charge in [-0.25, -0.2) is 0 Å². The minimum atomic E-state index is -0.901. The van der Waals surface area contributed by atoms with Gasteiger partial charge in [0.25, 0.3) is 0 Å². The highest BCUT2D eigenvalue weighted by molar-refractivity contribution is 5.98. The zero-order valence-corrected chi connectivity index (χ0v) is 8.22. The maximum Gasteiger partial charge on any atom is 0.165 e. The van der Waals surface area contributed by atoms with Crippen LogP contribution in [-0.4, -0.2) is 17.1 Å². The van der Waals surface area contributed by atoms with Crippen molar-refractivity contribution >= 4 is 10.5 Å². The van der Waals surface area contributed by atoms with E-state index in [0.29, 0.717) is 16.9 Å². The fraction of sp³-hybridized carbons (Fsp3) is 0.667. The second kappa shape index (κ2) is 4.05. The van der Waals surface area contributed by atoms with Crippen molar-refractivity contribution in [3.63, 3.8) is 0 Å². The third kappa shape index (κ3) is 1.84. The Morgan fingerprint density at radius 2 is 2.00 bits per heavy atom. The molecular weight excluding hydrogens is 144 g/mol. The molecule has 0 atom stereocenters. The first-order valence-corrected chi connectivity index (χ1v) is 3.87. The van der Waals surface area contributed by atoms with E-state index in [1.165, 1.54) is 0 Å². The molecule has 0 aromatic rings. The second-order valence-electron chi connectivity index (χ2n) is 2.09. The molecule has 4 heteroatoms. The zero-order valence-electron chi connectivity index (χ0n) is 6.22. The van der Waals surface area contributed by atoms with E-state index in [1.807, 2.05) is 19.1 Å². The van der Waals surface area contributed by atoms with E-state index >= 15 is 0 Å². The van der Waals surface area contributed by atoms with Crippen LogP contribution in [0, 0.1) is 28.1 Å². The maximum atomic E-state index is 8.57. The zero-order chi connectivity index (χ0) is 8.04. The Bertz CT molecular complexity index is 165. The highest BCUT2D eigenvalue weighted by Crippen LogP contribution is 2.18. The molecule has 3 nitrogen and oxygen atoms in total. The third-order valence-corrected chi connectivity index (χ3v) is 1.71. The van der Waals surface area contributed by atoms with Gasteiger partial charge in [-0.05, 0) is 6.42 Å². The van der Waals surface area contributed by atoms with Gasteiger partial charge in [-0.1, -0.05) is 6.92 Å². The fourth-order valence-electron chi connectivity index (χ4n) is 0.596. The van der Waals surface area contributed by atoms with Crippen molar-refractivity contribution in [2.75, 3.05) is 6.61 Å². The number of nitrogens with zero attached hydrogens (tertiary/aromatic N) is 2. The van der Waals surface area contributed by atoms with Gasteiger partial charge < -0.3 is 4.43 Å². The molecule has 0 aromatic carbocycles. The Kier molecular flexibility index (Phi) is 3.71. The number of hydrogen-bond acceptors (Lipinski definition) is 3. The molecule has 0 aliphatic rings. The number of nitriles is 2. The molecule has 0 amide bonds. The lowest BCUT2D eigenvalue weighted by Crippen LogP contribution is -2.21. The van der Waals surface area contributed by atoms with E-state index in [4.69, 9.17) is 14.9 Å². The molecule has 10 heavy (non-hydrogen) atoms. The lowest BCUT2D eigenvalue weighted by Gasteiger charge is -2.13. The first-order valence-electron chi connectivity index (χ1n) is 3.06. The molecule has 0 unspecified atom stereocenters. The van der Waals surface area contributed by atoms with Gasteiger partial charge in [-0.3, -0.25) is 0 Å². The molecule has 0 aliphatic carbocycles. The molecule has 0 aliphatic heterocycles. The lowest BCUT2D eigenvalue weighted by molar-refractivity contribution is 0.254. The van der Waals surface area contributed by atoms with Gasteiger partial charge in [0.2, 0.25) is 0 Å². The van der Waals surface area contributed by atoms with Crippen molar-refractivity contribution < 1.29 is 4.43 Å². The van der Waals surface area contributed by atoms with E-state index < -0.39 is 5.41 Å². The normalized spacial score (nSPS) is 10.3. The van der Waals surface area contributed by atoms with E-state index in [1.54, 1.807) is 0 Å². The van der Waals surface area contributed by atoms with Crippen LogP contribution in [0.5, 0.6) is 0 Å². The average Bonchev–Trinajstić information content (AvgIpc) is 2.01. The Morgan fingerprint density at radius 3 is 2.10 bits per heavy atom. The molecule has 0 N–H and O–H groups in total. The number of rotatable bonds is 3. The first-order chi connectivity index (χ1) is 4.74. The van der Waals surface area contributed by atoms with Crippen molar-refractivity contribution in [1.29, 1.82) is 10.5 Å². The van der Waals surface area contributed by atoms with Gasteiger partial charge in [0.05, 0.1) is 18.7 Å². The SMILES string of the molecule is CCC(C#N)(C#N)CO[SiH3]. The summed E-state index contributed by atoms with van der Waals surface area (Å²) in [6, 6.07) is 3.90. The summed E-state index contributed by atoms with van der Waals surface area (Å²) in [5.74, 6) is 0. The van der Waals surface area contributed by atoms with Crippen LogP contribution >= 0.6 is 0 Å². The molecule has 0 rings (SSSR count). The first kappa shape index (κ1) is 9.16. The van der Waals surface area contributed by atoms with Crippen molar-refractivity contribution in [3.8, 4) is 12.1 Å². The van der Waals surface area contributed by atoms with Crippen LogP contribution in [0.4, 0.5) is 0 Å². The largest absolute Gasteiger partial charge is 0.425 e. The van der Waals surface area contributed by atoms with Crippen molar-refractivity contribution in [2.45, 2.75) is 13.3 Å². The molecule has 0 saturated heterocycles. The van der Waals surface area contributed by atoms with Gasteiger partial charge in [0.1, 0.15) is 10.5 Å². The number of hydrogen-bond donors (Lipinski definition) is 0. The van der Waals surface area contributed by atoms with Gasteiger partial charge in [0, 0.05) is 0 Å². The van der Waals surface area contributed by atoms with Crippen molar-refractivity contribution in [2.24, 2.45) is 5.41 Å². The van der Waals surface area contributed by atoms with Gasteiger partial charge in [0.15, 0.2) is 5.41 Å².